The van der Waals surface area contributed by atoms with Crippen LogP contribution in [-0.2, 0) is 9.59 Å². The molecule has 0 radical (unpaired) electrons. The number of ketones is 1. The lowest BCUT2D eigenvalue weighted by molar-refractivity contribution is -0.121. The highest BCUT2D eigenvalue weighted by Crippen LogP contribution is 2.39. The zero-order valence-electron chi connectivity index (χ0n) is 19.2. The quantitative estimate of drug-likeness (QED) is 0.309. The van der Waals surface area contributed by atoms with Crippen molar-refractivity contribution in [1.29, 1.82) is 0 Å². The fraction of sp³-hybridized carbons (Fsp3) is 0.148. The van der Waals surface area contributed by atoms with Gasteiger partial charge in [0.2, 0.25) is 5.91 Å². The van der Waals surface area contributed by atoms with Crippen LogP contribution in [0, 0.1) is 0 Å². The normalized spacial score (nSPS) is 15.3. The predicted octanol–water partition coefficient (Wildman–Crippen LogP) is 6.18. The molecule has 0 spiro atoms. The van der Waals surface area contributed by atoms with Gasteiger partial charge in [0.25, 0.3) is 5.91 Å². The number of amides is 2. The first-order valence-corrected chi connectivity index (χ1v) is 13.2. The molecule has 0 aromatic heterocycles. The fourth-order valence-electron chi connectivity index (χ4n) is 3.82. The van der Waals surface area contributed by atoms with Crippen molar-refractivity contribution in [2.24, 2.45) is 0 Å². The van der Waals surface area contributed by atoms with E-state index in [1.54, 1.807) is 55.6 Å². The topological polar surface area (TPSA) is 84.5 Å². The van der Waals surface area contributed by atoms with Gasteiger partial charge < -0.3 is 15.4 Å². The largest absolute Gasteiger partial charge is 0.497 e. The number of hydrogen-bond donors (Lipinski definition) is 2. The molecule has 1 aliphatic rings. The van der Waals surface area contributed by atoms with Gasteiger partial charge in [0, 0.05) is 33.1 Å². The van der Waals surface area contributed by atoms with Gasteiger partial charge in [0.1, 0.15) is 5.75 Å². The first-order valence-electron chi connectivity index (χ1n) is 11.0. The molecule has 0 saturated carbocycles. The summed E-state index contributed by atoms with van der Waals surface area (Å²) < 4.78 is 6.03. The Morgan fingerprint density at radius 2 is 1.78 bits per heavy atom. The molecule has 1 unspecified atom stereocenters. The number of carbonyl (C=O) groups is 3. The van der Waals surface area contributed by atoms with Gasteiger partial charge in [-0.1, -0.05) is 57.5 Å². The number of halogens is 2. The van der Waals surface area contributed by atoms with Gasteiger partial charge in [-0.25, -0.2) is 0 Å². The van der Waals surface area contributed by atoms with Gasteiger partial charge in [-0.2, -0.15) is 0 Å². The molecule has 2 N–H and O–H groups in total. The first kappa shape index (κ1) is 26.0. The zero-order valence-corrected chi connectivity index (χ0v) is 22.4. The maximum absolute atomic E-state index is 13.6. The van der Waals surface area contributed by atoms with E-state index in [9.17, 15) is 14.4 Å². The summed E-state index contributed by atoms with van der Waals surface area (Å²) in [6.45, 7) is 0. The van der Waals surface area contributed by atoms with Gasteiger partial charge in [-0.05, 0) is 60.2 Å². The number of nitrogens with one attached hydrogen (secondary N) is 2. The molecule has 0 bridgehead atoms. The van der Waals surface area contributed by atoms with E-state index < -0.39 is 5.92 Å². The Morgan fingerprint density at radius 1 is 1.08 bits per heavy atom. The SMILES string of the molecule is COc1ccc(C(=O)CSC2=C(C(=O)Nc3ccc(Br)cc3)C(c3ccccc3Cl)CC(=O)N2)cc1. The number of hydrogen-bond acceptors (Lipinski definition) is 5. The van der Waals surface area contributed by atoms with Gasteiger partial charge >= 0.3 is 0 Å². The summed E-state index contributed by atoms with van der Waals surface area (Å²) in [5.74, 6) is -0.651. The summed E-state index contributed by atoms with van der Waals surface area (Å²) in [4.78, 5) is 39.1. The molecule has 1 atom stereocenters. The molecular weight excluding hydrogens is 564 g/mol. The summed E-state index contributed by atoms with van der Waals surface area (Å²) in [7, 11) is 1.56. The summed E-state index contributed by atoms with van der Waals surface area (Å²) in [6, 6.07) is 21.1. The molecule has 3 aromatic rings. The van der Waals surface area contributed by atoms with Crippen molar-refractivity contribution in [3.8, 4) is 5.75 Å². The first-order chi connectivity index (χ1) is 17.4. The Hall–Kier alpha value is -3.07. The summed E-state index contributed by atoms with van der Waals surface area (Å²) in [5, 5.41) is 6.52. The summed E-state index contributed by atoms with van der Waals surface area (Å²) in [6.07, 6.45) is 0.0588. The third-order valence-electron chi connectivity index (χ3n) is 5.62. The van der Waals surface area contributed by atoms with Crippen LogP contribution in [0.3, 0.4) is 0 Å². The van der Waals surface area contributed by atoms with Crippen molar-refractivity contribution in [2.75, 3.05) is 18.2 Å². The number of benzene rings is 3. The van der Waals surface area contributed by atoms with Crippen LogP contribution in [0.4, 0.5) is 5.69 Å². The maximum atomic E-state index is 13.6. The van der Waals surface area contributed by atoms with E-state index in [1.807, 2.05) is 24.3 Å². The van der Waals surface area contributed by atoms with E-state index in [0.29, 0.717) is 38.2 Å². The third kappa shape index (κ3) is 6.19. The standard InChI is InChI=1S/C27H22BrClN2O4S/c1-35-19-12-6-16(7-13-19)23(32)15-36-27-25(26(34)30-18-10-8-17(28)9-11-18)21(14-24(33)31-27)20-4-2-3-5-22(20)29/h2-13,21H,14-15H2,1H3,(H,30,34)(H,31,33). The van der Waals surface area contributed by atoms with Crippen LogP contribution >= 0.6 is 39.3 Å². The lowest BCUT2D eigenvalue weighted by Gasteiger charge is -2.28. The minimum absolute atomic E-state index is 0.0340. The van der Waals surface area contributed by atoms with Crippen LogP contribution in [-0.4, -0.2) is 30.5 Å². The number of carbonyl (C=O) groups excluding carboxylic acids is 3. The Kier molecular flexibility index (Phi) is 8.51. The average Bonchev–Trinajstić information content (AvgIpc) is 2.88. The highest BCUT2D eigenvalue weighted by molar-refractivity contribution is 9.10. The molecule has 184 valence electrons. The molecule has 4 rings (SSSR count). The molecule has 36 heavy (non-hydrogen) atoms. The van der Waals surface area contributed by atoms with Gasteiger partial charge in [-0.3, -0.25) is 14.4 Å². The Morgan fingerprint density at radius 3 is 2.44 bits per heavy atom. The monoisotopic (exact) mass is 584 g/mol. The molecule has 6 nitrogen and oxygen atoms in total. The van der Waals surface area contributed by atoms with Gasteiger partial charge in [0.15, 0.2) is 5.78 Å². The van der Waals surface area contributed by atoms with Gasteiger partial charge in [0.05, 0.1) is 23.5 Å². The van der Waals surface area contributed by atoms with E-state index in [-0.39, 0.29) is 29.8 Å². The average molecular weight is 586 g/mol. The van der Waals surface area contributed by atoms with Gasteiger partial charge in [-0.15, -0.1) is 0 Å². The molecular formula is C27H22BrClN2O4S. The van der Waals surface area contributed by atoms with Crippen molar-refractivity contribution >= 4 is 62.6 Å². The van der Waals surface area contributed by atoms with Crippen LogP contribution in [0.15, 0.2) is 87.9 Å². The molecule has 0 aliphatic carbocycles. The second-order valence-corrected chi connectivity index (χ2v) is 10.3. The Labute approximate surface area is 226 Å². The van der Waals surface area contributed by atoms with E-state index in [2.05, 4.69) is 26.6 Å². The summed E-state index contributed by atoms with van der Waals surface area (Å²) in [5.41, 5.74) is 2.14. The lowest BCUT2D eigenvalue weighted by Crippen LogP contribution is -2.35. The Balaban J connectivity index is 1.67. The van der Waals surface area contributed by atoms with Crippen molar-refractivity contribution in [3.63, 3.8) is 0 Å². The number of ether oxygens (including phenoxy) is 1. The van der Waals surface area contributed by atoms with Crippen LogP contribution in [0.1, 0.15) is 28.3 Å². The maximum Gasteiger partial charge on any atom is 0.254 e. The number of Topliss-reactive ketones (excluding diaryl/α,β-unsaturated/α-hetero) is 1. The van der Waals surface area contributed by atoms with E-state index >= 15 is 0 Å². The highest BCUT2D eigenvalue weighted by atomic mass is 79.9. The Bertz CT molecular complexity index is 1330. The number of rotatable bonds is 8. The third-order valence-corrected chi connectivity index (χ3v) is 7.51. The minimum Gasteiger partial charge on any atom is -0.497 e. The minimum atomic E-state index is -0.568. The van der Waals surface area contributed by atoms with E-state index in [0.717, 1.165) is 16.2 Å². The zero-order chi connectivity index (χ0) is 25.7. The lowest BCUT2D eigenvalue weighted by atomic mass is 9.86. The van der Waals surface area contributed by atoms with E-state index in [4.69, 9.17) is 16.3 Å². The van der Waals surface area contributed by atoms with Crippen LogP contribution < -0.4 is 15.4 Å². The van der Waals surface area contributed by atoms with Crippen molar-refractivity contribution in [1.82, 2.24) is 5.32 Å². The molecule has 3 aromatic carbocycles. The van der Waals surface area contributed by atoms with Crippen molar-refractivity contribution in [2.45, 2.75) is 12.3 Å². The van der Waals surface area contributed by atoms with Crippen molar-refractivity contribution < 1.29 is 19.1 Å². The smallest absolute Gasteiger partial charge is 0.254 e. The summed E-state index contributed by atoms with van der Waals surface area (Å²) >= 11 is 11.0. The molecule has 0 fully saturated rings. The number of anilines is 1. The van der Waals surface area contributed by atoms with Crippen LogP contribution in [0.2, 0.25) is 5.02 Å². The second-order valence-electron chi connectivity index (χ2n) is 7.97. The van der Waals surface area contributed by atoms with E-state index in [1.165, 1.54) is 0 Å². The van der Waals surface area contributed by atoms with Crippen LogP contribution in [0.5, 0.6) is 5.75 Å². The van der Waals surface area contributed by atoms with Crippen molar-refractivity contribution in [3.05, 3.63) is 104 Å². The molecule has 1 aliphatic heterocycles. The highest BCUT2D eigenvalue weighted by Gasteiger charge is 2.35. The molecule has 9 heteroatoms. The molecule has 2 amide bonds. The second kappa shape index (κ2) is 11.8. The number of methoxy groups -OCH3 is 1. The predicted molar refractivity (Wildman–Crippen MR) is 147 cm³/mol. The number of thioether (sulfide) groups is 1. The molecule has 1 heterocycles. The fourth-order valence-corrected chi connectivity index (χ4v) is 5.37. The van der Waals surface area contributed by atoms with Crippen LogP contribution in [0.25, 0.3) is 0 Å². The molecule has 0 saturated heterocycles.